The van der Waals surface area contributed by atoms with Crippen LogP contribution in [0.15, 0.2) is 242 Å². The Balaban J connectivity index is 0.874. The fraction of sp³-hybridized carbons (Fsp3) is 0.0328. The normalized spacial score (nSPS) is 14.7. The molecular weight excluding hydrogens is 803 g/mol. The van der Waals surface area contributed by atoms with Gasteiger partial charge in [-0.25, -0.2) is 15.0 Å². The summed E-state index contributed by atoms with van der Waals surface area (Å²) in [6.07, 6.45) is 12.0. The lowest BCUT2D eigenvalue weighted by Crippen LogP contribution is -2.04. The van der Waals surface area contributed by atoms with E-state index in [1.807, 2.05) is 36.4 Å². The predicted molar refractivity (Wildman–Crippen MR) is 272 cm³/mol. The molecule has 2 aliphatic carbocycles. The number of allylic oxidation sites excluding steroid dienone is 8. The molecule has 1 unspecified atom stereocenters. The van der Waals surface area contributed by atoms with Crippen molar-refractivity contribution < 1.29 is 0 Å². The SMILES string of the molecule is C1=CC(c2ccc3c(c2)c2cc(-c4ccc5c(c4)c4ccccc4n5-c4ccccc4)ccc2n3-c2ccccc2)C(C2=CC=C(c3nc(-c4ccccc4)nc(-c4ccccc4)n3)C2)=C1. The smallest absolute Gasteiger partial charge is 0.164 e. The van der Waals surface area contributed by atoms with E-state index in [-0.39, 0.29) is 5.92 Å². The molecule has 3 heterocycles. The van der Waals surface area contributed by atoms with E-state index in [0.717, 1.165) is 34.5 Å². The van der Waals surface area contributed by atoms with Gasteiger partial charge in [-0.1, -0.05) is 164 Å². The van der Waals surface area contributed by atoms with Gasteiger partial charge in [-0.3, -0.25) is 0 Å². The fourth-order valence-corrected chi connectivity index (χ4v) is 10.2. The molecule has 5 heteroatoms. The molecule has 11 aromatic rings. The Labute approximate surface area is 382 Å². The summed E-state index contributed by atoms with van der Waals surface area (Å²) in [6, 6.07) is 71.5. The quantitative estimate of drug-likeness (QED) is 0.153. The summed E-state index contributed by atoms with van der Waals surface area (Å²) < 4.78 is 4.79. The topological polar surface area (TPSA) is 48.5 Å². The zero-order chi connectivity index (χ0) is 43.6. The Morgan fingerprint density at radius 2 is 0.833 bits per heavy atom. The number of hydrogen-bond acceptors (Lipinski definition) is 3. The van der Waals surface area contributed by atoms with Gasteiger partial charge >= 0.3 is 0 Å². The third-order valence-corrected chi connectivity index (χ3v) is 13.3. The molecule has 5 nitrogen and oxygen atoms in total. The van der Waals surface area contributed by atoms with Crippen molar-refractivity contribution in [1.82, 2.24) is 24.1 Å². The summed E-state index contributed by atoms with van der Waals surface area (Å²) in [5, 5.41) is 4.96. The molecule has 1 atom stereocenters. The van der Waals surface area contributed by atoms with Crippen molar-refractivity contribution in [3.8, 4) is 45.3 Å². The summed E-state index contributed by atoms with van der Waals surface area (Å²) in [7, 11) is 0. The first-order chi connectivity index (χ1) is 32.7. The average molecular weight is 844 g/mol. The molecule has 0 radical (unpaired) electrons. The molecule has 0 amide bonds. The second-order valence-corrected chi connectivity index (χ2v) is 17.2. The zero-order valence-electron chi connectivity index (χ0n) is 36.0. The Hall–Kier alpha value is -8.67. The van der Waals surface area contributed by atoms with Crippen LogP contribution >= 0.6 is 0 Å². The molecule has 3 aromatic heterocycles. The number of benzene rings is 8. The molecule has 8 aromatic carbocycles. The molecule has 0 spiro atoms. The number of fused-ring (bicyclic) bond motifs is 6. The molecular formula is C61H41N5. The zero-order valence-corrected chi connectivity index (χ0v) is 36.0. The van der Waals surface area contributed by atoms with Crippen LogP contribution in [-0.2, 0) is 0 Å². The van der Waals surface area contributed by atoms with Crippen LogP contribution in [0, 0.1) is 0 Å². The Morgan fingerprint density at radius 3 is 1.44 bits per heavy atom. The number of rotatable bonds is 8. The number of aromatic nitrogens is 5. The van der Waals surface area contributed by atoms with Crippen LogP contribution in [0.3, 0.4) is 0 Å². The molecule has 2 aliphatic rings. The van der Waals surface area contributed by atoms with Gasteiger partial charge in [-0.2, -0.15) is 0 Å². The average Bonchev–Trinajstić information content (AvgIpc) is 4.21. The van der Waals surface area contributed by atoms with Crippen LogP contribution < -0.4 is 0 Å². The highest BCUT2D eigenvalue weighted by Crippen LogP contribution is 2.44. The minimum atomic E-state index is 0.106. The van der Waals surface area contributed by atoms with E-state index in [1.54, 1.807) is 0 Å². The maximum Gasteiger partial charge on any atom is 0.164 e. The van der Waals surface area contributed by atoms with Gasteiger partial charge in [0.2, 0.25) is 0 Å². The fourth-order valence-electron chi connectivity index (χ4n) is 10.2. The number of hydrogen-bond donors (Lipinski definition) is 0. The van der Waals surface area contributed by atoms with E-state index in [0.29, 0.717) is 17.5 Å². The maximum atomic E-state index is 5.05. The van der Waals surface area contributed by atoms with Gasteiger partial charge in [0, 0.05) is 62.0 Å². The summed E-state index contributed by atoms with van der Waals surface area (Å²) in [5.41, 5.74) is 16.4. The number of para-hydroxylation sites is 3. The lowest BCUT2D eigenvalue weighted by molar-refractivity contribution is 0.993. The highest BCUT2D eigenvalue weighted by Gasteiger charge is 2.26. The first-order valence-corrected chi connectivity index (χ1v) is 22.6. The highest BCUT2D eigenvalue weighted by atomic mass is 15.0. The predicted octanol–water partition coefficient (Wildman–Crippen LogP) is 15.1. The summed E-state index contributed by atoms with van der Waals surface area (Å²) in [6.45, 7) is 0. The molecule has 310 valence electrons. The van der Waals surface area contributed by atoms with Crippen LogP contribution in [-0.4, -0.2) is 24.1 Å². The van der Waals surface area contributed by atoms with E-state index in [1.165, 1.54) is 71.4 Å². The Kier molecular flexibility index (Phi) is 8.91. The van der Waals surface area contributed by atoms with E-state index in [9.17, 15) is 0 Å². The van der Waals surface area contributed by atoms with E-state index in [2.05, 4.69) is 203 Å². The second-order valence-electron chi connectivity index (χ2n) is 17.2. The van der Waals surface area contributed by atoms with Crippen molar-refractivity contribution in [1.29, 1.82) is 0 Å². The Bertz CT molecular complexity index is 3760. The standard InChI is InChI=1S/C61H41N5/c1-5-16-40(17-6-1)59-62-60(41-18-7-2-8-19-41)64-61(63-59)46-29-28-44(36-46)49-25-15-26-50(49)45-32-35-58-54(39-45)53-38-43(31-34-57(53)66(58)48-22-11-4-12-23-48)42-30-33-56-52(37-42)51-24-13-14-27-55(51)65(56)47-20-9-3-10-21-47/h1-35,37-39,50H,36H2. The molecule has 66 heavy (non-hydrogen) atoms. The van der Waals surface area contributed by atoms with Crippen LogP contribution in [0.1, 0.15) is 23.7 Å². The van der Waals surface area contributed by atoms with Gasteiger partial charge in [-0.05, 0) is 94.6 Å². The van der Waals surface area contributed by atoms with Crippen LogP contribution in [0.25, 0.3) is 94.5 Å². The van der Waals surface area contributed by atoms with Gasteiger partial charge in [0.1, 0.15) is 0 Å². The lowest BCUT2D eigenvalue weighted by atomic mass is 9.87. The van der Waals surface area contributed by atoms with Gasteiger partial charge < -0.3 is 9.13 Å². The van der Waals surface area contributed by atoms with Gasteiger partial charge in [0.25, 0.3) is 0 Å². The van der Waals surface area contributed by atoms with E-state index in [4.69, 9.17) is 15.0 Å². The van der Waals surface area contributed by atoms with Gasteiger partial charge in [0.05, 0.1) is 22.1 Å². The summed E-state index contributed by atoms with van der Waals surface area (Å²) >= 11 is 0. The second kappa shape index (κ2) is 15.5. The maximum absolute atomic E-state index is 5.05. The summed E-state index contributed by atoms with van der Waals surface area (Å²) in [5.74, 6) is 2.17. The van der Waals surface area contributed by atoms with Crippen molar-refractivity contribution >= 4 is 49.2 Å². The third kappa shape index (κ3) is 6.35. The molecule has 0 bridgehead atoms. The molecule has 0 saturated heterocycles. The molecule has 13 rings (SSSR count). The largest absolute Gasteiger partial charge is 0.309 e. The minimum absolute atomic E-state index is 0.106. The van der Waals surface area contributed by atoms with E-state index < -0.39 is 0 Å². The summed E-state index contributed by atoms with van der Waals surface area (Å²) in [4.78, 5) is 15.0. The molecule has 0 N–H and O–H groups in total. The first-order valence-electron chi connectivity index (χ1n) is 22.6. The van der Waals surface area contributed by atoms with Crippen LogP contribution in [0.4, 0.5) is 0 Å². The molecule has 0 aliphatic heterocycles. The van der Waals surface area contributed by atoms with Crippen molar-refractivity contribution in [3.63, 3.8) is 0 Å². The van der Waals surface area contributed by atoms with Crippen molar-refractivity contribution in [2.24, 2.45) is 0 Å². The first kappa shape index (κ1) is 37.8. The van der Waals surface area contributed by atoms with Crippen molar-refractivity contribution in [2.45, 2.75) is 12.3 Å². The molecule has 0 fully saturated rings. The third-order valence-electron chi connectivity index (χ3n) is 13.3. The lowest BCUT2D eigenvalue weighted by Gasteiger charge is -2.17. The Morgan fingerprint density at radius 1 is 0.364 bits per heavy atom. The number of nitrogens with zero attached hydrogens (tertiary/aromatic N) is 5. The molecule has 0 saturated carbocycles. The van der Waals surface area contributed by atoms with Gasteiger partial charge in [-0.15, -0.1) is 0 Å². The van der Waals surface area contributed by atoms with Crippen LogP contribution in [0.5, 0.6) is 0 Å². The van der Waals surface area contributed by atoms with Crippen LogP contribution in [0.2, 0.25) is 0 Å². The monoisotopic (exact) mass is 843 g/mol. The highest BCUT2D eigenvalue weighted by molar-refractivity contribution is 6.13. The van der Waals surface area contributed by atoms with E-state index >= 15 is 0 Å². The minimum Gasteiger partial charge on any atom is -0.309 e. The van der Waals surface area contributed by atoms with Crippen molar-refractivity contribution in [2.75, 3.05) is 0 Å². The van der Waals surface area contributed by atoms with Gasteiger partial charge in [0.15, 0.2) is 17.5 Å². The van der Waals surface area contributed by atoms with Crippen molar-refractivity contribution in [3.05, 3.63) is 253 Å².